The van der Waals surface area contributed by atoms with Crippen molar-refractivity contribution < 1.29 is 9.53 Å². The molecule has 0 aromatic carbocycles. The molecule has 0 radical (unpaired) electrons. The number of halogens is 1. The highest BCUT2D eigenvalue weighted by Gasteiger charge is 2.43. The number of rotatable bonds is 3. The summed E-state index contributed by atoms with van der Waals surface area (Å²) in [7, 11) is 0. The Bertz CT molecular complexity index is 328. The van der Waals surface area contributed by atoms with Crippen LogP contribution in [0.3, 0.4) is 0 Å². The van der Waals surface area contributed by atoms with Gasteiger partial charge in [-0.2, -0.15) is 0 Å². The molecule has 0 aromatic rings. The third-order valence-electron chi connectivity index (χ3n) is 5.21. The quantitative estimate of drug-likeness (QED) is 0.426. The van der Waals surface area contributed by atoms with E-state index in [-0.39, 0.29) is 11.3 Å². The third-order valence-corrected chi connectivity index (χ3v) is 6.43. The van der Waals surface area contributed by atoms with Crippen LogP contribution in [-0.2, 0) is 9.53 Å². The normalized spacial score (nSPS) is 32.3. The molecule has 0 saturated carbocycles. The Hall–Kier alpha value is 0.160. The third kappa shape index (κ3) is 3.09. The fourth-order valence-corrected chi connectivity index (χ4v) is 4.44. The second-order valence-corrected chi connectivity index (χ2v) is 7.75. The second-order valence-electron chi connectivity index (χ2n) is 6.31. The summed E-state index contributed by atoms with van der Waals surface area (Å²) in [5, 5.41) is 0. The molecular weight excluding hydrogens is 353 g/mol. The summed E-state index contributed by atoms with van der Waals surface area (Å²) < 4.78 is 5.85. The van der Waals surface area contributed by atoms with Crippen LogP contribution in [0.2, 0.25) is 0 Å². The highest BCUT2D eigenvalue weighted by Crippen LogP contribution is 2.41. The van der Waals surface area contributed by atoms with E-state index in [4.69, 9.17) is 4.74 Å². The number of carbonyl (C=O) groups excluding carboxylic acids is 1. The van der Waals surface area contributed by atoms with Crippen LogP contribution >= 0.6 is 22.6 Å². The monoisotopic (exact) mass is 379 g/mol. The largest absolute Gasteiger partial charge is 0.381 e. The van der Waals surface area contributed by atoms with Gasteiger partial charge >= 0.3 is 0 Å². The second kappa shape index (κ2) is 6.29. The van der Waals surface area contributed by atoms with E-state index in [1.165, 1.54) is 6.42 Å². The van der Waals surface area contributed by atoms with Crippen LogP contribution in [0, 0.1) is 11.3 Å². The van der Waals surface area contributed by atoms with Crippen molar-refractivity contribution in [2.24, 2.45) is 11.3 Å². The summed E-state index contributed by atoms with van der Waals surface area (Å²) in [5.74, 6) is 0.481. The van der Waals surface area contributed by atoms with E-state index in [0.29, 0.717) is 16.0 Å². The molecule has 0 bridgehead atoms. The van der Waals surface area contributed by atoms with Gasteiger partial charge in [0.1, 0.15) is 0 Å². The summed E-state index contributed by atoms with van der Waals surface area (Å²) in [5.41, 5.74) is 0.118. The topological polar surface area (TPSA) is 29.5 Å². The van der Waals surface area contributed by atoms with Gasteiger partial charge in [-0.15, -0.1) is 0 Å². The average Bonchev–Trinajstić information content (AvgIpc) is 2.79. The fourth-order valence-electron chi connectivity index (χ4n) is 3.35. The molecule has 2 aliphatic heterocycles. The number of hydrogen-bond donors (Lipinski definition) is 0. The van der Waals surface area contributed by atoms with Crippen molar-refractivity contribution in [3.05, 3.63) is 0 Å². The molecule has 0 spiro atoms. The van der Waals surface area contributed by atoms with Gasteiger partial charge in [0.25, 0.3) is 0 Å². The number of alkyl halides is 1. The molecule has 1 amide bonds. The number of nitrogens with zero attached hydrogens (tertiary/aromatic N) is 1. The first-order chi connectivity index (χ1) is 8.99. The average molecular weight is 379 g/mol. The fraction of sp³-hybridized carbons (Fsp3) is 0.933. The van der Waals surface area contributed by atoms with E-state index in [2.05, 4.69) is 48.3 Å². The lowest BCUT2D eigenvalue weighted by Crippen LogP contribution is -2.47. The molecule has 2 rings (SSSR count). The minimum Gasteiger partial charge on any atom is -0.381 e. The zero-order chi connectivity index (χ0) is 14.0. The lowest BCUT2D eigenvalue weighted by Gasteiger charge is -2.41. The van der Waals surface area contributed by atoms with Crippen molar-refractivity contribution in [1.29, 1.82) is 0 Å². The van der Waals surface area contributed by atoms with Gasteiger partial charge in [0.2, 0.25) is 5.91 Å². The molecule has 2 fully saturated rings. The minimum absolute atomic E-state index is 0.112. The first kappa shape index (κ1) is 15.5. The maximum atomic E-state index is 12.9. The van der Waals surface area contributed by atoms with Gasteiger partial charge < -0.3 is 9.64 Å². The van der Waals surface area contributed by atoms with Gasteiger partial charge in [-0.3, -0.25) is 4.79 Å². The summed E-state index contributed by atoms with van der Waals surface area (Å²) in [6, 6.07) is 0.459. The standard InChI is InChI=1S/C15H26INO2/c1-4-12-5-6-13(16)17(12)14(18)11(2)15(3)7-9-19-10-8-15/h11-13H,4-10H2,1-3H3/t11?,12?,13-/m0/s1. The summed E-state index contributed by atoms with van der Waals surface area (Å²) in [6.45, 7) is 8.19. The van der Waals surface area contributed by atoms with Crippen LogP contribution < -0.4 is 0 Å². The number of ether oxygens (including phenoxy) is 1. The van der Waals surface area contributed by atoms with E-state index >= 15 is 0 Å². The predicted molar refractivity (Wildman–Crippen MR) is 85.3 cm³/mol. The SMILES string of the molecule is CCC1CC[C@@H](I)N1C(=O)C(C)C1(C)CCOCC1. The van der Waals surface area contributed by atoms with Gasteiger partial charge in [0, 0.05) is 25.2 Å². The molecule has 0 N–H and O–H groups in total. The summed E-state index contributed by atoms with van der Waals surface area (Å²) in [4.78, 5) is 15.1. The van der Waals surface area contributed by atoms with Crippen LogP contribution in [0.25, 0.3) is 0 Å². The Morgan fingerprint density at radius 3 is 2.63 bits per heavy atom. The van der Waals surface area contributed by atoms with Crippen LogP contribution in [0.15, 0.2) is 0 Å². The Kier molecular flexibility index (Phi) is 5.15. The predicted octanol–water partition coefficient (Wildman–Crippen LogP) is 3.60. The molecular formula is C15H26INO2. The van der Waals surface area contributed by atoms with E-state index in [0.717, 1.165) is 38.9 Å². The number of likely N-dealkylation sites (tertiary alicyclic amines) is 1. The maximum Gasteiger partial charge on any atom is 0.227 e. The lowest BCUT2D eigenvalue weighted by molar-refractivity contribution is -0.143. The number of hydrogen-bond acceptors (Lipinski definition) is 2. The van der Waals surface area contributed by atoms with Crippen molar-refractivity contribution in [2.75, 3.05) is 13.2 Å². The molecule has 2 unspecified atom stereocenters. The van der Waals surface area contributed by atoms with Gasteiger partial charge in [0.15, 0.2) is 0 Å². The van der Waals surface area contributed by atoms with Crippen molar-refractivity contribution in [3.63, 3.8) is 0 Å². The Labute approximate surface area is 130 Å². The van der Waals surface area contributed by atoms with Crippen LogP contribution in [0.1, 0.15) is 52.9 Å². The van der Waals surface area contributed by atoms with Crippen molar-refractivity contribution >= 4 is 28.5 Å². The van der Waals surface area contributed by atoms with Crippen molar-refractivity contribution in [3.8, 4) is 0 Å². The van der Waals surface area contributed by atoms with E-state index < -0.39 is 0 Å². The molecule has 0 aliphatic carbocycles. The van der Waals surface area contributed by atoms with E-state index in [1.54, 1.807) is 0 Å². The van der Waals surface area contributed by atoms with Gasteiger partial charge in [-0.25, -0.2) is 0 Å². The van der Waals surface area contributed by atoms with E-state index in [9.17, 15) is 4.79 Å². The molecule has 2 heterocycles. The zero-order valence-corrected chi connectivity index (χ0v) is 14.5. The summed E-state index contributed by atoms with van der Waals surface area (Å²) >= 11 is 2.44. The van der Waals surface area contributed by atoms with Crippen LogP contribution in [0.5, 0.6) is 0 Å². The molecule has 3 atom stereocenters. The summed E-state index contributed by atoms with van der Waals surface area (Å²) in [6.07, 6.45) is 5.42. The Morgan fingerprint density at radius 2 is 2.05 bits per heavy atom. The highest BCUT2D eigenvalue weighted by atomic mass is 127. The number of carbonyl (C=O) groups is 1. The first-order valence-electron chi connectivity index (χ1n) is 7.53. The molecule has 2 aliphatic rings. The van der Waals surface area contributed by atoms with Gasteiger partial charge in [-0.1, -0.05) is 43.4 Å². The molecule has 2 saturated heterocycles. The maximum absolute atomic E-state index is 12.9. The van der Waals surface area contributed by atoms with Crippen LogP contribution in [0.4, 0.5) is 0 Å². The van der Waals surface area contributed by atoms with Crippen molar-refractivity contribution in [2.45, 2.75) is 63.0 Å². The highest BCUT2D eigenvalue weighted by molar-refractivity contribution is 14.1. The lowest BCUT2D eigenvalue weighted by atomic mass is 9.71. The van der Waals surface area contributed by atoms with Gasteiger partial charge in [0.05, 0.1) is 4.05 Å². The number of amides is 1. The molecule has 4 heteroatoms. The molecule has 3 nitrogen and oxygen atoms in total. The minimum atomic E-state index is 0.112. The molecule has 19 heavy (non-hydrogen) atoms. The van der Waals surface area contributed by atoms with Gasteiger partial charge in [-0.05, 0) is 37.5 Å². The smallest absolute Gasteiger partial charge is 0.227 e. The van der Waals surface area contributed by atoms with Crippen LogP contribution in [-0.4, -0.2) is 34.1 Å². The molecule has 110 valence electrons. The Balaban J connectivity index is 2.09. The zero-order valence-electron chi connectivity index (χ0n) is 12.3. The Morgan fingerprint density at radius 1 is 1.42 bits per heavy atom. The van der Waals surface area contributed by atoms with Crippen molar-refractivity contribution in [1.82, 2.24) is 4.90 Å². The first-order valence-corrected chi connectivity index (χ1v) is 8.78. The van der Waals surface area contributed by atoms with E-state index in [1.807, 2.05) is 0 Å². The molecule has 0 aromatic heterocycles.